The first kappa shape index (κ1) is 13.7. The molecule has 0 saturated carbocycles. The van der Waals surface area contributed by atoms with Crippen LogP contribution in [0.1, 0.15) is 39.0 Å². The second kappa shape index (κ2) is 10.1. The molecule has 0 amide bonds. The molecule has 0 fully saturated rings. The van der Waals surface area contributed by atoms with Gasteiger partial charge in [0.25, 0.3) is 0 Å². The van der Waals surface area contributed by atoms with E-state index < -0.39 is 0 Å². The van der Waals surface area contributed by atoms with Gasteiger partial charge in [0.05, 0.1) is 0 Å². The van der Waals surface area contributed by atoms with Crippen LogP contribution in [0.15, 0.2) is 0 Å². The Morgan fingerprint density at radius 2 is 1.45 bits per heavy atom. The van der Waals surface area contributed by atoms with E-state index in [2.05, 4.69) is 20.0 Å². The zero-order chi connectivity index (χ0) is 7.82. The summed E-state index contributed by atoms with van der Waals surface area (Å²) in [6.45, 7) is 7.16. The standard InChI is InChI=1S/C9H22Si.FH/c1-4-5-6-7-8-9-10(2)3;/h10H,4-9H2,1-3H3;1H. The van der Waals surface area contributed by atoms with Gasteiger partial charge in [-0.25, -0.2) is 0 Å². The van der Waals surface area contributed by atoms with E-state index >= 15 is 0 Å². The quantitative estimate of drug-likeness (QED) is 0.431. The minimum atomic E-state index is -0.222. The predicted molar refractivity (Wildman–Crippen MR) is 54.9 cm³/mol. The molecule has 0 radical (unpaired) electrons. The first-order chi connectivity index (χ1) is 4.77. The molecule has 70 valence electrons. The third-order valence-corrected chi connectivity index (χ3v) is 3.45. The molecule has 0 aromatic heterocycles. The van der Waals surface area contributed by atoms with Crippen LogP contribution in [0.4, 0.5) is 4.70 Å². The summed E-state index contributed by atoms with van der Waals surface area (Å²) in [7, 11) is -0.222. The number of hydrogen-bond acceptors (Lipinski definition) is 0. The molecule has 0 aromatic carbocycles. The maximum Gasteiger partial charge on any atom is 0.0305 e. The summed E-state index contributed by atoms with van der Waals surface area (Å²) in [4.78, 5) is 0. The monoisotopic (exact) mass is 178 g/mol. The number of rotatable bonds is 6. The summed E-state index contributed by atoms with van der Waals surface area (Å²) >= 11 is 0. The first-order valence-corrected chi connectivity index (χ1v) is 7.90. The smallest absolute Gasteiger partial charge is 0.0305 e. The van der Waals surface area contributed by atoms with Crippen LogP contribution in [0.5, 0.6) is 0 Å². The van der Waals surface area contributed by atoms with Crippen LogP contribution in [0, 0.1) is 0 Å². The molecule has 0 bridgehead atoms. The molecular formula is C9H23FSi. The Bertz CT molecular complexity index is 64.6. The van der Waals surface area contributed by atoms with Crippen molar-refractivity contribution in [1.82, 2.24) is 0 Å². The number of halogens is 1. The van der Waals surface area contributed by atoms with Crippen molar-refractivity contribution in [2.45, 2.75) is 58.2 Å². The Kier molecular flexibility index (Phi) is 12.7. The van der Waals surface area contributed by atoms with Crippen LogP contribution in [0.25, 0.3) is 0 Å². The highest BCUT2D eigenvalue weighted by atomic mass is 28.3. The van der Waals surface area contributed by atoms with E-state index in [-0.39, 0.29) is 13.5 Å². The molecule has 0 unspecified atom stereocenters. The van der Waals surface area contributed by atoms with E-state index in [1.165, 1.54) is 32.1 Å². The molecule has 0 heterocycles. The molecular weight excluding hydrogens is 155 g/mol. The normalized spacial score (nSPS) is 9.82. The van der Waals surface area contributed by atoms with Crippen LogP contribution < -0.4 is 0 Å². The first-order valence-electron chi connectivity index (χ1n) is 4.77. The molecule has 0 nitrogen and oxygen atoms in total. The Labute approximate surface area is 72.4 Å². The van der Waals surface area contributed by atoms with E-state index in [0.717, 1.165) is 0 Å². The van der Waals surface area contributed by atoms with Gasteiger partial charge in [0, 0.05) is 8.80 Å². The van der Waals surface area contributed by atoms with Crippen molar-refractivity contribution in [1.29, 1.82) is 0 Å². The van der Waals surface area contributed by atoms with Crippen molar-refractivity contribution >= 4 is 8.80 Å². The van der Waals surface area contributed by atoms with Gasteiger partial charge >= 0.3 is 0 Å². The van der Waals surface area contributed by atoms with Crippen LogP contribution in [-0.4, -0.2) is 8.80 Å². The maximum atomic E-state index is 2.44. The SMILES string of the molecule is CCCCCCC[SiH](C)C.F. The zero-order valence-corrected chi connectivity index (χ0v) is 9.38. The second-order valence-corrected chi connectivity index (χ2v) is 6.96. The van der Waals surface area contributed by atoms with Gasteiger partial charge < -0.3 is 0 Å². The average Bonchev–Trinajstić information content (AvgIpc) is 1.87. The van der Waals surface area contributed by atoms with E-state index in [0.29, 0.717) is 0 Å². The Balaban J connectivity index is 0. The van der Waals surface area contributed by atoms with Gasteiger partial charge in [0.1, 0.15) is 0 Å². The van der Waals surface area contributed by atoms with Crippen molar-refractivity contribution in [3.05, 3.63) is 0 Å². The minimum Gasteiger partial charge on any atom is -0.269 e. The molecule has 0 aliphatic rings. The zero-order valence-electron chi connectivity index (χ0n) is 8.23. The van der Waals surface area contributed by atoms with E-state index in [9.17, 15) is 0 Å². The van der Waals surface area contributed by atoms with Crippen molar-refractivity contribution in [3.8, 4) is 0 Å². The van der Waals surface area contributed by atoms with Crippen LogP contribution in [-0.2, 0) is 0 Å². The fourth-order valence-corrected chi connectivity index (χ4v) is 2.26. The largest absolute Gasteiger partial charge is 0.269 e. The Morgan fingerprint density at radius 1 is 0.909 bits per heavy atom. The lowest BCUT2D eigenvalue weighted by atomic mass is 10.2. The van der Waals surface area contributed by atoms with Gasteiger partial charge in [-0.2, -0.15) is 0 Å². The maximum absolute atomic E-state index is 2.44. The van der Waals surface area contributed by atoms with Crippen LogP contribution in [0.3, 0.4) is 0 Å². The molecule has 0 aromatic rings. The van der Waals surface area contributed by atoms with Gasteiger partial charge in [-0.1, -0.05) is 58.2 Å². The highest BCUT2D eigenvalue weighted by Crippen LogP contribution is 2.06. The molecule has 0 rings (SSSR count). The topological polar surface area (TPSA) is 0 Å². The molecule has 0 spiro atoms. The summed E-state index contributed by atoms with van der Waals surface area (Å²) in [5.41, 5.74) is 0. The molecule has 0 saturated heterocycles. The lowest BCUT2D eigenvalue weighted by Gasteiger charge is -2.01. The summed E-state index contributed by atoms with van der Waals surface area (Å²) in [5, 5.41) is 0. The van der Waals surface area contributed by atoms with Crippen LogP contribution in [0.2, 0.25) is 19.1 Å². The van der Waals surface area contributed by atoms with Gasteiger partial charge in [0.2, 0.25) is 0 Å². The number of unbranched alkanes of at least 4 members (excludes halogenated alkanes) is 4. The van der Waals surface area contributed by atoms with E-state index in [4.69, 9.17) is 0 Å². The average molecular weight is 178 g/mol. The Morgan fingerprint density at radius 3 is 1.91 bits per heavy atom. The number of hydrogen-bond donors (Lipinski definition) is 0. The second-order valence-electron chi connectivity index (χ2n) is 3.60. The Hall–Kier alpha value is 0.147. The lowest BCUT2D eigenvalue weighted by molar-refractivity contribution is 0.654. The minimum absolute atomic E-state index is 0. The summed E-state index contributed by atoms with van der Waals surface area (Å²) in [5.74, 6) is 0. The van der Waals surface area contributed by atoms with Gasteiger partial charge in [-0.15, -0.1) is 0 Å². The fourth-order valence-electron chi connectivity index (χ4n) is 1.16. The third kappa shape index (κ3) is 13.2. The van der Waals surface area contributed by atoms with Crippen molar-refractivity contribution in [3.63, 3.8) is 0 Å². The highest BCUT2D eigenvalue weighted by Gasteiger charge is 1.94. The third-order valence-electron chi connectivity index (χ3n) is 1.89. The molecule has 0 aliphatic heterocycles. The van der Waals surface area contributed by atoms with Crippen molar-refractivity contribution in [2.24, 2.45) is 0 Å². The predicted octanol–water partition coefficient (Wildman–Crippen LogP) is 3.60. The summed E-state index contributed by atoms with van der Waals surface area (Å²) < 4.78 is 0. The molecule has 11 heavy (non-hydrogen) atoms. The van der Waals surface area contributed by atoms with E-state index in [1.54, 1.807) is 6.04 Å². The molecule has 0 atom stereocenters. The fraction of sp³-hybridized carbons (Fsp3) is 1.00. The molecule has 0 N–H and O–H groups in total. The lowest BCUT2D eigenvalue weighted by Crippen LogP contribution is -1.97. The summed E-state index contributed by atoms with van der Waals surface area (Å²) in [6.07, 6.45) is 7.28. The van der Waals surface area contributed by atoms with Gasteiger partial charge in [-0.3, -0.25) is 4.70 Å². The highest BCUT2D eigenvalue weighted by molar-refractivity contribution is 6.55. The molecule has 2 heteroatoms. The molecule has 0 aliphatic carbocycles. The van der Waals surface area contributed by atoms with Gasteiger partial charge in [0.15, 0.2) is 0 Å². The van der Waals surface area contributed by atoms with E-state index in [1.807, 2.05) is 0 Å². The van der Waals surface area contributed by atoms with Crippen molar-refractivity contribution < 1.29 is 4.70 Å². The van der Waals surface area contributed by atoms with Gasteiger partial charge in [-0.05, 0) is 0 Å². The van der Waals surface area contributed by atoms with Crippen molar-refractivity contribution in [2.75, 3.05) is 0 Å². The van der Waals surface area contributed by atoms with Crippen LogP contribution >= 0.6 is 0 Å². The summed E-state index contributed by atoms with van der Waals surface area (Å²) in [6, 6.07) is 1.56.